The van der Waals surface area contributed by atoms with E-state index >= 15 is 0 Å². The molecule has 2 saturated carbocycles. The first kappa shape index (κ1) is 43.0. The van der Waals surface area contributed by atoms with E-state index in [1.165, 1.54) is 18.2 Å². The number of sulfonamides is 1. The van der Waals surface area contributed by atoms with E-state index in [4.69, 9.17) is 38.0 Å². The monoisotopic (exact) mass is 910 g/mol. The molecule has 15 nitrogen and oxygen atoms in total. The number of carbonyl (C=O) groups excluding carboxylic acids is 4. The highest BCUT2D eigenvalue weighted by atomic mass is 35.5. The molecule has 326 valence electrons. The van der Waals surface area contributed by atoms with Crippen LogP contribution in [0, 0.1) is 5.92 Å². The Balaban J connectivity index is 0.959. The van der Waals surface area contributed by atoms with Gasteiger partial charge in [-0.05, 0) is 77.9 Å². The van der Waals surface area contributed by atoms with E-state index in [1.807, 2.05) is 53.3 Å². The van der Waals surface area contributed by atoms with Gasteiger partial charge in [0.2, 0.25) is 34.1 Å². The molecule has 0 spiro atoms. The van der Waals surface area contributed by atoms with Gasteiger partial charge in [0.25, 0.3) is 5.91 Å². The Hall–Kier alpha value is -5.66. The number of amides is 4. The number of hydrogen-bond acceptors (Lipinski definition) is 11. The lowest BCUT2D eigenvalue weighted by Crippen LogP contribution is -2.57. The maximum Gasteiger partial charge on any atom is 0.413 e. The molecule has 4 atom stereocenters. The first-order valence-electron chi connectivity index (χ1n) is 19.8. The molecule has 4 aliphatic rings. The van der Waals surface area contributed by atoms with Crippen LogP contribution in [-0.4, -0.2) is 103 Å². The van der Waals surface area contributed by atoms with E-state index < -0.39 is 82.1 Å². The van der Waals surface area contributed by atoms with Crippen LogP contribution in [0.15, 0.2) is 72.9 Å². The molecule has 2 heterocycles. The van der Waals surface area contributed by atoms with Gasteiger partial charge >= 0.3 is 6.09 Å². The van der Waals surface area contributed by atoms with Crippen LogP contribution < -0.4 is 30.1 Å². The quantitative estimate of drug-likeness (QED) is 0.127. The molecule has 0 radical (unpaired) electrons. The van der Waals surface area contributed by atoms with Crippen LogP contribution in [0.5, 0.6) is 11.6 Å². The summed E-state index contributed by atoms with van der Waals surface area (Å²) < 4.78 is 71.9. The van der Waals surface area contributed by atoms with E-state index in [1.54, 1.807) is 18.2 Å². The predicted molar refractivity (Wildman–Crippen MR) is 226 cm³/mol. The minimum absolute atomic E-state index is 0.0160. The number of hydrogen-bond donors (Lipinski definition) is 4. The first-order chi connectivity index (χ1) is 29.7. The van der Waals surface area contributed by atoms with Crippen molar-refractivity contribution in [2.75, 3.05) is 26.8 Å². The smallest absolute Gasteiger partial charge is 0.413 e. The summed E-state index contributed by atoms with van der Waals surface area (Å²) in [5.41, 5.74) is 2.18. The number of nitrogens with zero attached hydrogens (tertiary/aromatic N) is 2. The Kier molecular flexibility index (Phi) is 12.0. The van der Waals surface area contributed by atoms with Crippen molar-refractivity contribution < 1.29 is 50.6 Å². The lowest BCUT2D eigenvalue weighted by Gasteiger charge is -2.27. The highest BCUT2D eigenvalue weighted by Crippen LogP contribution is 2.48. The zero-order valence-corrected chi connectivity index (χ0v) is 35.5. The van der Waals surface area contributed by atoms with Crippen molar-refractivity contribution in [2.45, 2.75) is 67.4 Å². The largest absolute Gasteiger partial charge is 0.494 e. The number of halogens is 3. The Morgan fingerprint density at radius 3 is 2.37 bits per heavy atom. The number of alkyl halides is 2. The van der Waals surface area contributed by atoms with Gasteiger partial charge < -0.3 is 29.7 Å². The second-order valence-electron chi connectivity index (χ2n) is 15.7. The average Bonchev–Trinajstić information content (AvgIpc) is 4.15. The summed E-state index contributed by atoms with van der Waals surface area (Å²) in [6.07, 6.45) is -3.62. The van der Waals surface area contributed by atoms with Crippen molar-refractivity contribution in [3.8, 4) is 22.8 Å². The van der Waals surface area contributed by atoms with Gasteiger partial charge in [-0.25, -0.2) is 27.0 Å². The van der Waals surface area contributed by atoms with Crippen molar-refractivity contribution in [3.05, 3.63) is 89.1 Å². The first-order valence-corrected chi connectivity index (χ1v) is 22.1. The molecule has 4 amide bonds. The van der Waals surface area contributed by atoms with Gasteiger partial charge in [-0.15, -0.1) is 0 Å². The molecular formula is C42H41ClF2N6O9S2. The summed E-state index contributed by atoms with van der Waals surface area (Å²) in [4.78, 5) is 60.0. The lowest BCUT2D eigenvalue weighted by molar-refractivity contribution is -0.139. The van der Waals surface area contributed by atoms with Crippen LogP contribution in [0.2, 0.25) is 5.02 Å². The van der Waals surface area contributed by atoms with Crippen molar-refractivity contribution in [2.24, 2.45) is 5.92 Å². The van der Waals surface area contributed by atoms with Gasteiger partial charge in [-0.1, -0.05) is 60.1 Å². The number of methoxy groups -OCH3 is 1. The number of ether oxygens (including phenoxy) is 3. The Labute approximate surface area is 365 Å². The minimum atomic E-state index is -4.09. The fourth-order valence-electron chi connectivity index (χ4n) is 8.32. The number of pyridine rings is 1. The second-order valence-corrected chi connectivity index (χ2v) is 18.5. The molecule has 20 heteroatoms. The lowest BCUT2D eigenvalue weighted by atomic mass is 9.98. The van der Waals surface area contributed by atoms with E-state index in [-0.39, 0.29) is 42.9 Å². The third-order valence-electron chi connectivity index (χ3n) is 11.6. The Morgan fingerprint density at radius 2 is 1.71 bits per heavy atom. The predicted octanol–water partition coefficient (Wildman–Crippen LogP) is 4.80. The van der Waals surface area contributed by atoms with E-state index in [0.717, 1.165) is 22.3 Å². The van der Waals surface area contributed by atoms with Crippen LogP contribution >= 0.6 is 23.8 Å². The van der Waals surface area contributed by atoms with Gasteiger partial charge in [0.05, 0.1) is 31.6 Å². The molecule has 3 aromatic carbocycles. The summed E-state index contributed by atoms with van der Waals surface area (Å²) in [5, 5.41) is 8.06. The number of carbonyl (C=O) groups is 4. The maximum atomic E-state index is 14.2. The van der Waals surface area contributed by atoms with Gasteiger partial charge in [-0.3, -0.25) is 24.4 Å². The second kappa shape index (κ2) is 17.2. The third kappa shape index (κ3) is 8.83. The number of thiocarbonyl (C=S) groups is 1. The summed E-state index contributed by atoms with van der Waals surface area (Å²) in [6, 6.07) is 19.4. The summed E-state index contributed by atoms with van der Waals surface area (Å²) in [6.45, 7) is -0.684. The molecule has 1 aromatic heterocycles. The molecule has 4 aromatic rings. The summed E-state index contributed by atoms with van der Waals surface area (Å²) in [5.74, 6) is -3.41. The molecule has 1 aliphatic heterocycles. The number of nitrogens with one attached hydrogen (secondary N) is 4. The van der Waals surface area contributed by atoms with Crippen LogP contribution in [-0.2, 0) is 29.1 Å². The van der Waals surface area contributed by atoms with Crippen molar-refractivity contribution in [1.82, 2.24) is 30.6 Å². The van der Waals surface area contributed by atoms with E-state index in [0.29, 0.717) is 34.4 Å². The van der Waals surface area contributed by atoms with Gasteiger partial charge in [0.15, 0.2) is 5.11 Å². The van der Waals surface area contributed by atoms with Crippen molar-refractivity contribution in [1.29, 1.82) is 0 Å². The number of rotatable bonds is 14. The van der Waals surface area contributed by atoms with E-state index in [2.05, 4.69) is 20.9 Å². The highest BCUT2D eigenvalue weighted by Gasteiger charge is 2.63. The van der Waals surface area contributed by atoms with Crippen molar-refractivity contribution >= 4 is 73.5 Å². The number of alkyl carbamates (subject to hydrolysis) is 1. The molecule has 62 heavy (non-hydrogen) atoms. The standard InChI is InChI=1S/C42H41ClF2N6O9S2/c1-58-34-18-46-38(31-15-23(43)10-13-30(31)34)60-24-16-33(37(53)49-42(17-22(42)14-35(44)45)39(54)50-62(56,57)25-11-12-25)51(20-24)36(52)19-47-40(61)48-41(55)59-21-32-28-8-4-2-6-26(28)27-7-3-5-9-29(27)32/h2-10,13,15,18,22,24-25,32-33,35H,11-12,14,16-17,19-21H2,1H3,(H,49,53)(H,50,54)(H2,47,48,55,61)/t22-,24-,33+,42-/m1/s1. The van der Waals surface area contributed by atoms with Crippen molar-refractivity contribution in [3.63, 3.8) is 0 Å². The fourth-order valence-corrected chi connectivity index (χ4v) is 10.0. The van der Waals surface area contributed by atoms with Crippen LogP contribution in [0.25, 0.3) is 21.9 Å². The zero-order valence-electron chi connectivity index (χ0n) is 33.1. The topological polar surface area (TPSA) is 194 Å². The summed E-state index contributed by atoms with van der Waals surface area (Å²) >= 11 is 11.6. The SMILES string of the molecule is COc1cnc(O[C@@H]2C[C@@H](C(=O)N[C@]3(C(=O)NS(=O)(=O)C4CC4)C[C@H]3CC(F)F)N(C(=O)CNC(=S)NC(=O)OCC3c4ccccc4-c4ccccc43)C2)c2cc(Cl)ccc12. The molecule has 3 aliphatic carbocycles. The average molecular weight is 911 g/mol. The van der Waals surface area contributed by atoms with Gasteiger partial charge in [0.1, 0.15) is 30.0 Å². The fraction of sp³-hybridized carbons (Fsp3) is 0.381. The zero-order chi connectivity index (χ0) is 43.9. The number of aromatic nitrogens is 1. The molecule has 1 saturated heterocycles. The highest BCUT2D eigenvalue weighted by molar-refractivity contribution is 7.91. The summed E-state index contributed by atoms with van der Waals surface area (Å²) in [7, 11) is -2.62. The Bertz CT molecular complexity index is 2540. The number of likely N-dealkylation sites (tertiary alicyclic amines) is 1. The van der Waals surface area contributed by atoms with E-state index in [9.17, 15) is 36.4 Å². The minimum Gasteiger partial charge on any atom is -0.494 e. The van der Waals surface area contributed by atoms with Crippen LogP contribution in [0.1, 0.15) is 49.1 Å². The molecule has 0 unspecified atom stereocenters. The number of benzene rings is 3. The van der Waals surface area contributed by atoms with Crippen LogP contribution in [0.3, 0.4) is 0 Å². The number of fused-ring (bicyclic) bond motifs is 4. The molecule has 4 N–H and O–H groups in total. The Morgan fingerprint density at radius 1 is 1.02 bits per heavy atom. The van der Waals surface area contributed by atoms with Crippen LogP contribution in [0.4, 0.5) is 13.6 Å². The molecule has 0 bridgehead atoms. The normalized spacial score (nSPS) is 21.4. The maximum absolute atomic E-state index is 14.2. The van der Waals surface area contributed by atoms with Gasteiger partial charge in [0, 0.05) is 34.6 Å². The molecule has 8 rings (SSSR count). The molecule has 3 fully saturated rings. The molecular weight excluding hydrogens is 870 g/mol. The third-order valence-corrected chi connectivity index (χ3v) is 13.9. The van der Waals surface area contributed by atoms with Gasteiger partial charge in [-0.2, -0.15) is 0 Å².